The quantitative estimate of drug-likeness (QED) is 0.776. The van der Waals surface area contributed by atoms with Crippen molar-refractivity contribution in [2.24, 2.45) is 0 Å². The van der Waals surface area contributed by atoms with Crippen molar-refractivity contribution in [3.05, 3.63) is 30.1 Å². The first kappa shape index (κ1) is 16.4. The predicted molar refractivity (Wildman–Crippen MR) is 70.0 cm³/mol. The number of rotatable bonds is 5. The number of carbonyl (C=O) groups is 3. The van der Waals surface area contributed by atoms with Crippen LogP contribution in [0.2, 0.25) is 0 Å². The first-order chi connectivity index (χ1) is 9.92. The van der Waals surface area contributed by atoms with Crippen molar-refractivity contribution in [2.75, 3.05) is 13.7 Å². The lowest BCUT2D eigenvalue weighted by atomic mass is 10.3. The van der Waals surface area contributed by atoms with Gasteiger partial charge in [0.25, 0.3) is 5.91 Å². The molecule has 0 aliphatic rings. The van der Waals surface area contributed by atoms with Gasteiger partial charge in [-0.25, -0.2) is 14.0 Å². The number of hydrogen-bond acceptors (Lipinski definition) is 5. The molecule has 0 aromatic heterocycles. The molecule has 0 aliphatic carbocycles. The van der Waals surface area contributed by atoms with E-state index in [0.717, 1.165) is 6.07 Å². The number of nitrogens with one attached hydrogen (secondary N) is 2. The van der Waals surface area contributed by atoms with E-state index < -0.39 is 36.4 Å². The van der Waals surface area contributed by atoms with E-state index in [1.54, 1.807) is 0 Å². The van der Waals surface area contributed by atoms with Gasteiger partial charge in [0.15, 0.2) is 12.7 Å². The van der Waals surface area contributed by atoms with Gasteiger partial charge in [-0.05, 0) is 19.1 Å². The molecule has 7 nitrogen and oxygen atoms in total. The van der Waals surface area contributed by atoms with Crippen LogP contribution in [-0.2, 0) is 14.3 Å². The van der Waals surface area contributed by atoms with Gasteiger partial charge < -0.3 is 14.8 Å². The Bertz CT molecular complexity index is 535. The van der Waals surface area contributed by atoms with Crippen LogP contribution in [0, 0.1) is 5.82 Å². The molecule has 114 valence electrons. The normalized spacial score (nSPS) is 11.2. The molecule has 1 atom stereocenters. The fraction of sp³-hybridized carbons (Fsp3) is 0.308. The van der Waals surface area contributed by atoms with E-state index in [9.17, 15) is 18.8 Å². The Morgan fingerprint density at radius 3 is 2.67 bits per heavy atom. The molecule has 21 heavy (non-hydrogen) atoms. The molecule has 0 saturated heterocycles. The highest BCUT2D eigenvalue weighted by Crippen LogP contribution is 2.11. The number of urea groups is 1. The SMILES string of the molecule is CNC(=O)NC(=O)[C@H](C)OC(=O)COc1cccc(F)c1. The monoisotopic (exact) mass is 298 g/mol. The van der Waals surface area contributed by atoms with Crippen LogP contribution in [0.15, 0.2) is 24.3 Å². The van der Waals surface area contributed by atoms with Crippen molar-refractivity contribution >= 4 is 17.9 Å². The minimum absolute atomic E-state index is 0.161. The third-order valence-electron chi connectivity index (χ3n) is 2.29. The minimum Gasteiger partial charge on any atom is -0.482 e. The molecule has 1 aromatic rings. The molecule has 0 saturated carbocycles. The third-order valence-corrected chi connectivity index (χ3v) is 2.29. The van der Waals surface area contributed by atoms with Gasteiger partial charge in [0, 0.05) is 13.1 Å². The summed E-state index contributed by atoms with van der Waals surface area (Å²) in [7, 11) is 1.34. The number of esters is 1. The summed E-state index contributed by atoms with van der Waals surface area (Å²) >= 11 is 0. The average Bonchev–Trinajstić information content (AvgIpc) is 2.45. The number of benzene rings is 1. The summed E-state index contributed by atoms with van der Waals surface area (Å²) in [5.41, 5.74) is 0. The predicted octanol–water partition coefficient (Wildman–Crippen LogP) is 0.592. The topological polar surface area (TPSA) is 93.7 Å². The molecule has 3 amide bonds. The molecular weight excluding hydrogens is 283 g/mol. The lowest BCUT2D eigenvalue weighted by Gasteiger charge is -2.13. The second-order valence-corrected chi connectivity index (χ2v) is 3.95. The average molecular weight is 298 g/mol. The maximum Gasteiger partial charge on any atom is 0.344 e. The summed E-state index contributed by atoms with van der Waals surface area (Å²) in [5.74, 6) is -1.93. The number of hydrogen-bond donors (Lipinski definition) is 2. The van der Waals surface area contributed by atoms with Crippen molar-refractivity contribution in [1.29, 1.82) is 0 Å². The minimum atomic E-state index is -1.16. The van der Waals surface area contributed by atoms with Gasteiger partial charge >= 0.3 is 12.0 Å². The van der Waals surface area contributed by atoms with Crippen LogP contribution < -0.4 is 15.4 Å². The van der Waals surface area contributed by atoms with Gasteiger partial charge in [0.2, 0.25) is 0 Å². The molecule has 0 heterocycles. The zero-order chi connectivity index (χ0) is 15.8. The van der Waals surface area contributed by atoms with Crippen LogP contribution in [0.5, 0.6) is 5.75 Å². The molecule has 8 heteroatoms. The smallest absolute Gasteiger partial charge is 0.344 e. The third kappa shape index (κ3) is 5.89. The zero-order valence-electron chi connectivity index (χ0n) is 11.5. The van der Waals surface area contributed by atoms with Crippen molar-refractivity contribution < 1.29 is 28.2 Å². The van der Waals surface area contributed by atoms with Crippen LogP contribution in [0.3, 0.4) is 0 Å². The summed E-state index contributed by atoms with van der Waals surface area (Å²) in [6.07, 6.45) is -1.16. The fourth-order valence-electron chi connectivity index (χ4n) is 1.26. The van der Waals surface area contributed by atoms with Crippen LogP contribution in [-0.4, -0.2) is 37.7 Å². The largest absolute Gasteiger partial charge is 0.482 e. The second-order valence-electron chi connectivity index (χ2n) is 3.95. The number of amides is 3. The first-order valence-electron chi connectivity index (χ1n) is 6.02. The summed E-state index contributed by atoms with van der Waals surface area (Å²) in [4.78, 5) is 33.8. The van der Waals surface area contributed by atoms with Gasteiger partial charge in [-0.2, -0.15) is 0 Å². The summed E-state index contributed by atoms with van der Waals surface area (Å²) in [5, 5.41) is 4.14. The molecule has 1 aromatic carbocycles. The Morgan fingerprint density at radius 2 is 2.05 bits per heavy atom. The van der Waals surface area contributed by atoms with Gasteiger partial charge in [-0.3, -0.25) is 10.1 Å². The highest BCUT2D eigenvalue weighted by molar-refractivity contribution is 5.97. The van der Waals surface area contributed by atoms with E-state index in [2.05, 4.69) is 5.32 Å². The molecule has 2 N–H and O–H groups in total. The summed E-state index contributed by atoms with van der Waals surface area (Å²) < 4.78 is 22.6. The lowest BCUT2D eigenvalue weighted by molar-refractivity contribution is -0.156. The van der Waals surface area contributed by atoms with Crippen LogP contribution in [0.25, 0.3) is 0 Å². The first-order valence-corrected chi connectivity index (χ1v) is 6.02. The molecule has 0 aliphatic heterocycles. The van der Waals surface area contributed by atoms with E-state index in [0.29, 0.717) is 0 Å². The molecule has 0 bridgehead atoms. The maximum absolute atomic E-state index is 12.9. The summed E-state index contributed by atoms with van der Waals surface area (Å²) in [6.45, 7) is 0.819. The van der Waals surface area contributed by atoms with Crippen molar-refractivity contribution in [1.82, 2.24) is 10.6 Å². The Labute approximate surface area is 120 Å². The van der Waals surface area contributed by atoms with Crippen LogP contribution >= 0.6 is 0 Å². The molecule has 0 spiro atoms. The Balaban J connectivity index is 2.39. The van der Waals surface area contributed by atoms with Crippen LogP contribution in [0.4, 0.5) is 9.18 Å². The Morgan fingerprint density at radius 1 is 1.33 bits per heavy atom. The molecule has 0 radical (unpaired) electrons. The standard InChI is InChI=1S/C13H15FN2O5/c1-8(12(18)16-13(19)15-2)21-11(17)7-20-10-5-3-4-9(14)6-10/h3-6,8H,7H2,1-2H3,(H2,15,16,18,19)/t8-/m0/s1. The van der Waals surface area contributed by atoms with Crippen LogP contribution in [0.1, 0.15) is 6.92 Å². The van der Waals surface area contributed by atoms with E-state index >= 15 is 0 Å². The van der Waals surface area contributed by atoms with Crippen molar-refractivity contribution in [2.45, 2.75) is 13.0 Å². The zero-order valence-corrected chi connectivity index (χ0v) is 11.5. The fourth-order valence-corrected chi connectivity index (χ4v) is 1.26. The highest BCUT2D eigenvalue weighted by atomic mass is 19.1. The number of ether oxygens (including phenoxy) is 2. The molecule has 1 rings (SSSR count). The van der Waals surface area contributed by atoms with E-state index in [1.165, 1.54) is 32.2 Å². The Kier molecular flexibility index (Phi) is 6.12. The van der Waals surface area contributed by atoms with Gasteiger partial charge in [0.1, 0.15) is 11.6 Å². The van der Waals surface area contributed by atoms with Gasteiger partial charge in [-0.15, -0.1) is 0 Å². The molecular formula is C13H15FN2O5. The second kappa shape index (κ2) is 7.83. The molecule has 0 unspecified atom stereocenters. The highest BCUT2D eigenvalue weighted by Gasteiger charge is 2.19. The van der Waals surface area contributed by atoms with Crippen molar-refractivity contribution in [3.8, 4) is 5.75 Å². The lowest BCUT2D eigenvalue weighted by Crippen LogP contribution is -2.43. The maximum atomic E-state index is 12.9. The van der Waals surface area contributed by atoms with Crippen molar-refractivity contribution in [3.63, 3.8) is 0 Å². The van der Waals surface area contributed by atoms with E-state index in [1.807, 2.05) is 5.32 Å². The Hall–Kier alpha value is -2.64. The number of carbonyl (C=O) groups excluding carboxylic acids is 3. The van der Waals surface area contributed by atoms with E-state index in [4.69, 9.17) is 9.47 Å². The molecule has 0 fully saturated rings. The number of imide groups is 1. The van der Waals surface area contributed by atoms with E-state index in [-0.39, 0.29) is 5.75 Å². The summed E-state index contributed by atoms with van der Waals surface area (Å²) in [6, 6.07) is 4.53. The number of halogens is 1. The van der Waals surface area contributed by atoms with Gasteiger partial charge in [0.05, 0.1) is 0 Å². The van der Waals surface area contributed by atoms with Gasteiger partial charge in [-0.1, -0.05) is 6.07 Å².